The van der Waals surface area contributed by atoms with Gasteiger partial charge in [-0.1, -0.05) is 25.5 Å². The first-order valence-corrected chi connectivity index (χ1v) is 8.05. The molecule has 1 aliphatic rings. The molecule has 5 heteroatoms. The van der Waals surface area contributed by atoms with Gasteiger partial charge in [-0.05, 0) is 18.6 Å². The fraction of sp³-hybridized carbons (Fsp3) is 0.588. The van der Waals surface area contributed by atoms with Crippen LogP contribution in [0.4, 0.5) is 10.5 Å². The van der Waals surface area contributed by atoms with Crippen molar-refractivity contribution in [1.82, 2.24) is 9.80 Å². The van der Waals surface area contributed by atoms with Gasteiger partial charge in [0.2, 0.25) is 0 Å². The van der Waals surface area contributed by atoms with Crippen LogP contribution in [0.5, 0.6) is 5.75 Å². The number of anilines is 1. The van der Waals surface area contributed by atoms with Crippen LogP contribution in [0, 0.1) is 0 Å². The van der Waals surface area contributed by atoms with E-state index in [0.717, 1.165) is 57.0 Å². The second kappa shape index (κ2) is 7.92. The van der Waals surface area contributed by atoms with E-state index < -0.39 is 0 Å². The van der Waals surface area contributed by atoms with Gasteiger partial charge in [0.15, 0.2) is 0 Å². The summed E-state index contributed by atoms with van der Waals surface area (Å²) >= 11 is 0. The van der Waals surface area contributed by atoms with Crippen molar-refractivity contribution in [3.8, 4) is 5.75 Å². The Morgan fingerprint density at radius 1 is 1.23 bits per heavy atom. The Morgan fingerprint density at radius 2 is 1.91 bits per heavy atom. The van der Waals surface area contributed by atoms with Crippen LogP contribution in [-0.4, -0.2) is 62.7 Å². The smallest absolute Gasteiger partial charge is 0.319 e. The highest BCUT2D eigenvalue weighted by atomic mass is 16.5. The lowest BCUT2D eigenvalue weighted by atomic mass is 10.2. The van der Waals surface area contributed by atoms with E-state index in [-0.39, 0.29) is 6.03 Å². The maximum absolute atomic E-state index is 12.4. The summed E-state index contributed by atoms with van der Waals surface area (Å²) in [6.07, 6.45) is 2.17. The van der Waals surface area contributed by atoms with Gasteiger partial charge < -0.3 is 19.4 Å². The molecular formula is C17H27N3O2. The average molecular weight is 305 g/mol. The maximum atomic E-state index is 12.4. The number of hydrogen-bond acceptors (Lipinski definition) is 3. The molecule has 1 saturated heterocycles. The molecule has 0 atom stereocenters. The van der Waals surface area contributed by atoms with Crippen molar-refractivity contribution in [3.63, 3.8) is 0 Å². The first-order valence-electron chi connectivity index (χ1n) is 8.05. The van der Waals surface area contributed by atoms with Gasteiger partial charge in [0.25, 0.3) is 0 Å². The average Bonchev–Trinajstić information content (AvgIpc) is 2.59. The van der Waals surface area contributed by atoms with Crippen molar-refractivity contribution < 1.29 is 9.53 Å². The number of unbranched alkanes of at least 4 members (excludes halogenated alkanes) is 1. The molecular weight excluding hydrogens is 278 g/mol. The lowest BCUT2D eigenvalue weighted by Crippen LogP contribution is -2.52. The number of nitrogens with zero attached hydrogens (tertiary/aromatic N) is 3. The monoisotopic (exact) mass is 305 g/mol. The van der Waals surface area contributed by atoms with Crippen LogP contribution >= 0.6 is 0 Å². The summed E-state index contributed by atoms with van der Waals surface area (Å²) in [6.45, 7) is 6.18. The minimum atomic E-state index is 0.146. The van der Waals surface area contributed by atoms with E-state index in [1.54, 1.807) is 7.11 Å². The van der Waals surface area contributed by atoms with Crippen molar-refractivity contribution in [2.45, 2.75) is 19.8 Å². The van der Waals surface area contributed by atoms with Gasteiger partial charge >= 0.3 is 6.03 Å². The first kappa shape index (κ1) is 16.5. The van der Waals surface area contributed by atoms with Gasteiger partial charge in [0, 0.05) is 39.8 Å². The number of rotatable bonds is 5. The van der Waals surface area contributed by atoms with Crippen LogP contribution in [-0.2, 0) is 0 Å². The Kier molecular flexibility index (Phi) is 5.92. The number of carbonyl (C=O) groups is 1. The van der Waals surface area contributed by atoms with Crippen molar-refractivity contribution in [1.29, 1.82) is 0 Å². The van der Waals surface area contributed by atoms with Gasteiger partial charge in [-0.3, -0.25) is 0 Å². The summed E-state index contributed by atoms with van der Waals surface area (Å²) in [5, 5.41) is 0. The molecule has 0 spiro atoms. The number of benzene rings is 1. The molecule has 0 N–H and O–H groups in total. The third kappa shape index (κ3) is 3.84. The van der Waals surface area contributed by atoms with Crippen LogP contribution < -0.4 is 9.64 Å². The number of carbonyl (C=O) groups excluding carboxylic acids is 1. The second-order valence-corrected chi connectivity index (χ2v) is 5.70. The molecule has 0 unspecified atom stereocenters. The zero-order valence-electron chi connectivity index (χ0n) is 13.9. The third-order valence-corrected chi connectivity index (χ3v) is 4.15. The maximum Gasteiger partial charge on any atom is 0.319 e. The zero-order valence-corrected chi connectivity index (χ0v) is 13.9. The Morgan fingerprint density at radius 3 is 2.55 bits per heavy atom. The lowest BCUT2D eigenvalue weighted by molar-refractivity contribution is 0.159. The highest BCUT2D eigenvalue weighted by Gasteiger charge is 2.24. The summed E-state index contributed by atoms with van der Waals surface area (Å²) in [7, 11) is 3.59. The molecule has 22 heavy (non-hydrogen) atoms. The van der Waals surface area contributed by atoms with Crippen molar-refractivity contribution >= 4 is 11.7 Å². The molecule has 0 saturated carbocycles. The minimum absolute atomic E-state index is 0.146. The molecule has 2 amide bonds. The van der Waals surface area contributed by atoms with Crippen LogP contribution in [0.3, 0.4) is 0 Å². The Bertz CT molecular complexity index is 485. The predicted octanol–water partition coefficient (Wildman–Crippen LogP) is 2.67. The van der Waals surface area contributed by atoms with Gasteiger partial charge in [-0.15, -0.1) is 0 Å². The minimum Gasteiger partial charge on any atom is -0.495 e. The van der Waals surface area contributed by atoms with Crippen molar-refractivity contribution in [3.05, 3.63) is 24.3 Å². The van der Waals surface area contributed by atoms with E-state index in [1.165, 1.54) is 0 Å². The molecule has 0 aliphatic carbocycles. The molecule has 0 radical (unpaired) electrons. The number of methoxy groups -OCH3 is 1. The number of ether oxygens (including phenoxy) is 1. The zero-order chi connectivity index (χ0) is 15.9. The Balaban J connectivity index is 1.91. The second-order valence-electron chi connectivity index (χ2n) is 5.70. The topological polar surface area (TPSA) is 36.0 Å². The molecule has 5 nitrogen and oxygen atoms in total. The summed E-state index contributed by atoms with van der Waals surface area (Å²) in [5.74, 6) is 0.891. The predicted molar refractivity (Wildman–Crippen MR) is 89.7 cm³/mol. The molecule has 1 fully saturated rings. The van der Waals surface area contributed by atoms with Gasteiger partial charge in [0.05, 0.1) is 12.8 Å². The van der Waals surface area contributed by atoms with Gasteiger partial charge in [0.1, 0.15) is 5.75 Å². The summed E-state index contributed by atoms with van der Waals surface area (Å²) in [5.41, 5.74) is 1.11. The van der Waals surface area contributed by atoms with Gasteiger partial charge in [-0.25, -0.2) is 4.79 Å². The molecule has 2 rings (SSSR count). The lowest BCUT2D eigenvalue weighted by Gasteiger charge is -2.38. The van der Waals surface area contributed by atoms with Crippen LogP contribution in [0.2, 0.25) is 0 Å². The fourth-order valence-corrected chi connectivity index (χ4v) is 2.76. The van der Waals surface area contributed by atoms with Crippen LogP contribution in [0.1, 0.15) is 19.8 Å². The van der Waals surface area contributed by atoms with E-state index >= 15 is 0 Å². The number of amides is 2. The van der Waals surface area contributed by atoms with E-state index in [2.05, 4.69) is 17.9 Å². The van der Waals surface area contributed by atoms with Gasteiger partial charge in [-0.2, -0.15) is 0 Å². The number of urea groups is 1. The summed E-state index contributed by atoms with van der Waals surface area (Å²) in [4.78, 5) is 18.4. The van der Waals surface area contributed by atoms with E-state index in [0.29, 0.717) is 0 Å². The highest BCUT2D eigenvalue weighted by molar-refractivity contribution is 5.74. The summed E-state index contributed by atoms with van der Waals surface area (Å²) < 4.78 is 5.42. The standard InChI is InChI=1S/C17H27N3O2/c1-4-5-10-18(2)17(21)20-13-11-19(12-14-20)15-8-6-7-9-16(15)22-3/h6-9H,4-5,10-14H2,1-3H3. The number of para-hydroxylation sites is 2. The Labute approximate surface area is 133 Å². The summed E-state index contributed by atoms with van der Waals surface area (Å²) in [6, 6.07) is 8.20. The van der Waals surface area contributed by atoms with E-state index in [4.69, 9.17) is 4.74 Å². The van der Waals surface area contributed by atoms with Crippen LogP contribution in [0.25, 0.3) is 0 Å². The van der Waals surface area contributed by atoms with E-state index in [1.807, 2.05) is 35.0 Å². The van der Waals surface area contributed by atoms with Crippen molar-refractivity contribution in [2.24, 2.45) is 0 Å². The molecule has 1 aromatic rings. The molecule has 1 aliphatic heterocycles. The molecule has 122 valence electrons. The molecule has 1 heterocycles. The SMILES string of the molecule is CCCCN(C)C(=O)N1CCN(c2ccccc2OC)CC1. The van der Waals surface area contributed by atoms with E-state index in [9.17, 15) is 4.79 Å². The Hall–Kier alpha value is -1.91. The molecule has 0 aromatic heterocycles. The third-order valence-electron chi connectivity index (χ3n) is 4.15. The largest absolute Gasteiger partial charge is 0.495 e. The normalized spacial score (nSPS) is 14.9. The van der Waals surface area contributed by atoms with Crippen LogP contribution in [0.15, 0.2) is 24.3 Å². The molecule has 1 aromatic carbocycles. The fourth-order valence-electron chi connectivity index (χ4n) is 2.76. The molecule has 0 bridgehead atoms. The number of hydrogen-bond donors (Lipinski definition) is 0. The van der Waals surface area contributed by atoms with Crippen molar-refractivity contribution in [2.75, 3.05) is 51.8 Å². The highest BCUT2D eigenvalue weighted by Crippen LogP contribution is 2.28. The first-order chi connectivity index (χ1) is 10.7. The number of piperazine rings is 1. The quantitative estimate of drug-likeness (QED) is 0.839.